The molecule has 0 unspecified atom stereocenters. The monoisotopic (exact) mass is 460 g/mol. The summed E-state index contributed by atoms with van der Waals surface area (Å²) in [6, 6.07) is 8.08. The van der Waals surface area contributed by atoms with E-state index in [9.17, 15) is 4.79 Å². The molecule has 3 rings (SSSR count). The summed E-state index contributed by atoms with van der Waals surface area (Å²) in [7, 11) is 0. The molecule has 0 spiro atoms. The first kappa shape index (κ1) is 24.4. The number of piperazine rings is 1. The summed E-state index contributed by atoms with van der Waals surface area (Å²) in [6.07, 6.45) is 8.30. The lowest BCUT2D eigenvalue weighted by Gasteiger charge is -2.36. The predicted octanol–water partition coefficient (Wildman–Crippen LogP) is 6.69. The third-order valence-electron chi connectivity index (χ3n) is 6.57. The van der Waals surface area contributed by atoms with Crippen LogP contribution in [-0.4, -0.2) is 43.4 Å². The zero-order valence-electron chi connectivity index (χ0n) is 19.1. The van der Waals surface area contributed by atoms with Gasteiger partial charge in [0.25, 0.3) is 0 Å². The van der Waals surface area contributed by atoms with E-state index in [2.05, 4.69) is 35.8 Å². The highest BCUT2D eigenvalue weighted by Crippen LogP contribution is 2.35. The van der Waals surface area contributed by atoms with Crippen LogP contribution in [0.5, 0.6) is 0 Å². The minimum atomic E-state index is 0.317. The molecule has 0 saturated carbocycles. The number of thiol groups is 1. The molecule has 3 nitrogen and oxygen atoms in total. The molecule has 2 aliphatic rings. The van der Waals surface area contributed by atoms with E-state index < -0.39 is 0 Å². The number of unbranched alkanes of at least 4 members (excludes halogenated alkanes) is 1. The van der Waals surface area contributed by atoms with E-state index in [1.807, 2.05) is 12.1 Å². The largest absolute Gasteiger partial charge is 0.369 e. The van der Waals surface area contributed by atoms with Crippen molar-refractivity contribution >= 4 is 35.7 Å². The maximum Gasteiger partial charge on any atom is 0.164 e. The van der Waals surface area contributed by atoms with E-state index in [0.717, 1.165) is 80.3 Å². The lowest BCUT2D eigenvalue weighted by molar-refractivity contribution is -0.115. The summed E-state index contributed by atoms with van der Waals surface area (Å²) in [6.45, 7) is 9.17. The van der Waals surface area contributed by atoms with E-state index in [4.69, 9.17) is 24.2 Å². The van der Waals surface area contributed by atoms with Crippen LogP contribution in [0, 0.1) is 0 Å². The fourth-order valence-electron chi connectivity index (χ4n) is 4.66. The molecule has 0 bridgehead atoms. The van der Waals surface area contributed by atoms with Gasteiger partial charge in [-0.3, -0.25) is 9.69 Å². The molecular weight excluding hydrogens is 424 g/mol. The van der Waals surface area contributed by atoms with Crippen LogP contribution in [-0.2, 0) is 4.79 Å². The average molecular weight is 461 g/mol. The maximum atomic E-state index is 13.4. The van der Waals surface area contributed by atoms with Gasteiger partial charge in [0.05, 0.1) is 0 Å². The number of halogens is 1. The zero-order chi connectivity index (χ0) is 22.2. The number of hydrogen-bond acceptors (Lipinski definition) is 4. The lowest BCUT2D eigenvalue weighted by Crippen LogP contribution is -2.47. The number of carbonyl (C=O) groups excluding carboxylic acids is 1. The van der Waals surface area contributed by atoms with Gasteiger partial charge in [0.2, 0.25) is 0 Å². The van der Waals surface area contributed by atoms with E-state index in [-0.39, 0.29) is 0 Å². The van der Waals surface area contributed by atoms with E-state index in [1.165, 1.54) is 29.7 Å². The molecule has 0 atom stereocenters. The number of nitrogens with zero attached hydrogens (tertiary/aromatic N) is 2. The summed E-state index contributed by atoms with van der Waals surface area (Å²) in [5.41, 5.74) is 4.74. The Morgan fingerprint density at radius 1 is 1.03 bits per heavy atom. The Kier molecular flexibility index (Phi) is 9.55. The van der Waals surface area contributed by atoms with Crippen molar-refractivity contribution in [2.24, 2.45) is 0 Å². The van der Waals surface area contributed by atoms with Gasteiger partial charge in [0.15, 0.2) is 5.78 Å². The van der Waals surface area contributed by atoms with Crippen LogP contribution >= 0.6 is 24.2 Å². The molecule has 1 aliphatic heterocycles. The molecule has 1 heterocycles. The van der Waals surface area contributed by atoms with Gasteiger partial charge in [-0.25, -0.2) is 0 Å². The molecule has 1 aromatic rings. The summed E-state index contributed by atoms with van der Waals surface area (Å²) < 4.78 is 0. The Bertz CT molecular complexity index is 807. The SMILES string of the molecule is CCCC/C(C)=C(\C(=O)CCN1CCN(c2ccc(Cl)cc2)CC1)C1=C(S)CCCC1. The number of rotatable bonds is 9. The van der Waals surface area contributed by atoms with Crippen LogP contribution in [0.3, 0.4) is 0 Å². The summed E-state index contributed by atoms with van der Waals surface area (Å²) in [4.78, 5) is 19.3. The van der Waals surface area contributed by atoms with Gasteiger partial charge in [-0.15, -0.1) is 12.6 Å². The molecule has 31 heavy (non-hydrogen) atoms. The summed E-state index contributed by atoms with van der Waals surface area (Å²) >= 11 is 10.8. The van der Waals surface area contributed by atoms with Crippen LogP contribution in [0.25, 0.3) is 0 Å². The first-order valence-electron chi connectivity index (χ1n) is 11.9. The highest BCUT2D eigenvalue weighted by molar-refractivity contribution is 7.84. The van der Waals surface area contributed by atoms with Crippen molar-refractivity contribution in [3.8, 4) is 0 Å². The van der Waals surface area contributed by atoms with Crippen molar-refractivity contribution < 1.29 is 4.79 Å². The minimum Gasteiger partial charge on any atom is -0.369 e. The van der Waals surface area contributed by atoms with Gasteiger partial charge < -0.3 is 4.90 Å². The zero-order valence-corrected chi connectivity index (χ0v) is 20.8. The number of anilines is 1. The lowest BCUT2D eigenvalue weighted by atomic mass is 9.86. The number of Topliss-reactive ketones (excluding diaryl/α,β-unsaturated/α-hetero) is 1. The summed E-state index contributed by atoms with van der Waals surface area (Å²) in [5.74, 6) is 0.317. The smallest absolute Gasteiger partial charge is 0.164 e. The highest BCUT2D eigenvalue weighted by atomic mass is 35.5. The Balaban J connectivity index is 1.59. The second kappa shape index (κ2) is 12.1. The topological polar surface area (TPSA) is 23.6 Å². The second-order valence-corrected chi connectivity index (χ2v) is 9.85. The number of benzene rings is 1. The van der Waals surface area contributed by atoms with Crippen molar-refractivity contribution in [1.29, 1.82) is 0 Å². The van der Waals surface area contributed by atoms with Crippen molar-refractivity contribution in [3.05, 3.63) is 50.9 Å². The van der Waals surface area contributed by atoms with Crippen LogP contribution in [0.1, 0.15) is 65.2 Å². The Morgan fingerprint density at radius 3 is 2.35 bits per heavy atom. The molecule has 0 N–H and O–H groups in total. The molecule has 0 amide bonds. The molecule has 1 aromatic carbocycles. The van der Waals surface area contributed by atoms with Crippen LogP contribution < -0.4 is 4.90 Å². The maximum absolute atomic E-state index is 13.4. The molecular formula is C26H37ClN2OS. The molecule has 5 heteroatoms. The van der Waals surface area contributed by atoms with E-state index in [0.29, 0.717) is 12.2 Å². The van der Waals surface area contributed by atoms with Crippen molar-refractivity contribution in [2.75, 3.05) is 37.6 Å². The number of carbonyl (C=O) groups is 1. The van der Waals surface area contributed by atoms with E-state index >= 15 is 0 Å². The van der Waals surface area contributed by atoms with Crippen LogP contribution in [0.4, 0.5) is 5.69 Å². The highest BCUT2D eigenvalue weighted by Gasteiger charge is 2.23. The normalized spacial score (nSPS) is 18.9. The van der Waals surface area contributed by atoms with Crippen LogP contribution in [0.15, 0.2) is 45.9 Å². The predicted molar refractivity (Wildman–Crippen MR) is 136 cm³/mol. The molecule has 1 fully saturated rings. The second-order valence-electron chi connectivity index (χ2n) is 8.87. The van der Waals surface area contributed by atoms with Gasteiger partial charge in [-0.05, 0) is 80.2 Å². The standard InChI is InChI=1S/C26H37ClN2OS/c1-3-4-7-20(2)26(23-8-5-6-9-25(23)31)24(30)14-15-28-16-18-29(19-17-28)22-12-10-21(27)11-13-22/h10-13,31H,3-9,14-19H2,1-2H3/b26-20-. The number of ketones is 1. The first-order chi connectivity index (χ1) is 15.0. The third kappa shape index (κ3) is 6.87. The van der Waals surface area contributed by atoms with Gasteiger partial charge in [-0.2, -0.15) is 0 Å². The molecule has 0 aromatic heterocycles. The van der Waals surface area contributed by atoms with Crippen LogP contribution in [0.2, 0.25) is 5.02 Å². The van der Waals surface area contributed by atoms with Gasteiger partial charge in [0, 0.05) is 55.4 Å². The minimum absolute atomic E-state index is 0.317. The molecule has 0 radical (unpaired) electrons. The molecule has 1 saturated heterocycles. The fourth-order valence-corrected chi connectivity index (χ4v) is 5.16. The Morgan fingerprint density at radius 2 is 1.71 bits per heavy atom. The first-order valence-corrected chi connectivity index (χ1v) is 12.7. The Labute approximate surface area is 198 Å². The molecule has 170 valence electrons. The average Bonchev–Trinajstić information content (AvgIpc) is 2.78. The number of allylic oxidation sites excluding steroid dienone is 4. The Hall–Kier alpha value is -1.23. The van der Waals surface area contributed by atoms with E-state index in [1.54, 1.807) is 0 Å². The summed E-state index contributed by atoms with van der Waals surface area (Å²) in [5, 5.41) is 0.774. The fraction of sp³-hybridized carbons (Fsp3) is 0.577. The van der Waals surface area contributed by atoms with Crippen molar-refractivity contribution in [2.45, 2.75) is 65.2 Å². The molecule has 1 aliphatic carbocycles. The quantitative estimate of drug-likeness (QED) is 0.328. The van der Waals surface area contributed by atoms with Crippen molar-refractivity contribution in [1.82, 2.24) is 4.90 Å². The van der Waals surface area contributed by atoms with Gasteiger partial charge in [0.1, 0.15) is 0 Å². The van der Waals surface area contributed by atoms with Gasteiger partial charge >= 0.3 is 0 Å². The number of hydrogen-bond donors (Lipinski definition) is 1. The van der Waals surface area contributed by atoms with Gasteiger partial charge in [-0.1, -0.05) is 30.5 Å². The third-order valence-corrected chi connectivity index (χ3v) is 7.32. The van der Waals surface area contributed by atoms with Crippen molar-refractivity contribution in [3.63, 3.8) is 0 Å².